The third kappa shape index (κ3) is 6.15. The van der Waals surface area contributed by atoms with Gasteiger partial charge >= 0.3 is 0 Å². The van der Waals surface area contributed by atoms with Crippen molar-refractivity contribution in [2.45, 2.75) is 39.2 Å². The number of aromatic nitrogens is 4. The highest BCUT2D eigenvalue weighted by Gasteiger charge is 2.18. The molecule has 0 aromatic carbocycles. The average Bonchev–Trinajstić information content (AvgIpc) is 2.91. The molecule has 9 heteroatoms. The molecule has 0 atom stereocenters. The summed E-state index contributed by atoms with van der Waals surface area (Å²) in [5, 5.41) is 0. The molecule has 0 saturated carbocycles. The van der Waals surface area contributed by atoms with Crippen LogP contribution in [0.4, 0.5) is 5.82 Å². The molecule has 1 aliphatic heterocycles. The van der Waals surface area contributed by atoms with Crippen molar-refractivity contribution in [1.29, 1.82) is 0 Å². The fourth-order valence-electron chi connectivity index (χ4n) is 4.40. The zero-order chi connectivity index (χ0) is 24.6. The summed E-state index contributed by atoms with van der Waals surface area (Å²) >= 11 is 0. The van der Waals surface area contributed by atoms with Gasteiger partial charge in [-0.2, -0.15) is 0 Å². The fraction of sp³-hybridized carbons (Fsp3) is 0.538. The van der Waals surface area contributed by atoms with Gasteiger partial charge in [0.2, 0.25) is 5.88 Å². The number of methoxy groups -OCH3 is 1. The lowest BCUT2D eigenvalue weighted by Gasteiger charge is -2.29. The number of hydrogen-bond donors (Lipinski definition) is 0. The smallest absolute Gasteiger partial charge is 0.294 e. The molecule has 0 bridgehead atoms. The number of anilines is 1. The quantitative estimate of drug-likeness (QED) is 0.387. The molecule has 0 amide bonds. The van der Waals surface area contributed by atoms with E-state index in [9.17, 15) is 4.79 Å². The van der Waals surface area contributed by atoms with Crippen molar-refractivity contribution < 1.29 is 9.47 Å². The molecular weight excluding hydrogens is 444 g/mol. The number of likely N-dealkylation sites (N-methyl/N-ethyl adjacent to an activating group) is 1. The SMILES string of the molecule is CCCOCCn1c(=O)c(N(C)CCN2CCCCC2)nc2cnc(-c3ccc(OC)nc3)cc21. The molecule has 9 nitrogen and oxygen atoms in total. The van der Waals surface area contributed by atoms with Gasteiger partial charge in [-0.05, 0) is 44.5 Å². The molecule has 1 fully saturated rings. The van der Waals surface area contributed by atoms with Crippen molar-refractivity contribution in [1.82, 2.24) is 24.4 Å². The van der Waals surface area contributed by atoms with Crippen LogP contribution in [0, 0.1) is 0 Å². The molecule has 0 N–H and O–H groups in total. The van der Waals surface area contributed by atoms with Gasteiger partial charge in [0.25, 0.3) is 5.56 Å². The minimum absolute atomic E-state index is 0.108. The molecule has 3 aromatic rings. The van der Waals surface area contributed by atoms with Gasteiger partial charge in [-0.1, -0.05) is 13.3 Å². The first-order valence-corrected chi connectivity index (χ1v) is 12.5. The highest BCUT2D eigenvalue weighted by atomic mass is 16.5. The summed E-state index contributed by atoms with van der Waals surface area (Å²) in [6, 6.07) is 5.61. The third-order valence-corrected chi connectivity index (χ3v) is 6.43. The zero-order valence-electron chi connectivity index (χ0n) is 21.1. The lowest BCUT2D eigenvalue weighted by atomic mass is 10.1. The topological polar surface area (TPSA) is 85.6 Å². The second-order valence-electron chi connectivity index (χ2n) is 8.98. The van der Waals surface area contributed by atoms with E-state index in [0.29, 0.717) is 37.0 Å². The molecule has 0 aliphatic carbocycles. The molecule has 1 saturated heterocycles. The van der Waals surface area contributed by atoms with Crippen molar-refractivity contribution in [3.05, 3.63) is 40.9 Å². The van der Waals surface area contributed by atoms with Crippen LogP contribution in [-0.2, 0) is 11.3 Å². The lowest BCUT2D eigenvalue weighted by Crippen LogP contribution is -2.39. The first kappa shape index (κ1) is 25.1. The van der Waals surface area contributed by atoms with Crippen molar-refractivity contribution >= 4 is 16.9 Å². The Kier molecular flexibility index (Phi) is 8.65. The first-order valence-electron chi connectivity index (χ1n) is 12.5. The van der Waals surface area contributed by atoms with Gasteiger partial charge < -0.3 is 23.8 Å². The van der Waals surface area contributed by atoms with Gasteiger partial charge in [-0.15, -0.1) is 0 Å². The van der Waals surface area contributed by atoms with Crippen LogP contribution < -0.4 is 15.2 Å². The van der Waals surface area contributed by atoms with E-state index in [1.54, 1.807) is 30.1 Å². The molecule has 0 spiro atoms. The fourth-order valence-corrected chi connectivity index (χ4v) is 4.40. The van der Waals surface area contributed by atoms with Crippen molar-refractivity contribution in [2.75, 3.05) is 58.5 Å². The maximum atomic E-state index is 13.6. The Morgan fingerprint density at radius 3 is 2.60 bits per heavy atom. The Bertz CT molecular complexity index is 1160. The van der Waals surface area contributed by atoms with Crippen LogP contribution in [0.25, 0.3) is 22.3 Å². The summed E-state index contributed by atoms with van der Waals surface area (Å²) in [4.78, 5) is 31.7. The number of piperidine rings is 1. The summed E-state index contributed by atoms with van der Waals surface area (Å²) in [5.74, 6) is 0.990. The van der Waals surface area contributed by atoms with Gasteiger partial charge in [-0.25, -0.2) is 9.97 Å². The maximum absolute atomic E-state index is 13.6. The standard InChI is InChI=1S/C26H36N6O3/c1-4-15-35-16-14-32-23-17-21(20-8-9-24(34-3)28-18-20)27-19-22(23)29-25(26(32)33)30(2)12-13-31-10-6-5-7-11-31/h8-9,17-19H,4-7,10-16H2,1-3H3. The Hall–Kier alpha value is -3.04. The molecule has 1 aliphatic rings. The normalized spacial score (nSPS) is 14.4. The number of fused-ring (bicyclic) bond motifs is 1. The minimum Gasteiger partial charge on any atom is -0.481 e. The summed E-state index contributed by atoms with van der Waals surface area (Å²) in [6.45, 7) is 7.60. The Labute approximate surface area is 206 Å². The molecule has 3 aromatic heterocycles. The van der Waals surface area contributed by atoms with E-state index in [1.807, 2.05) is 24.1 Å². The van der Waals surface area contributed by atoms with Crippen LogP contribution in [0.2, 0.25) is 0 Å². The molecule has 4 rings (SSSR count). The predicted molar refractivity (Wildman–Crippen MR) is 138 cm³/mol. The van der Waals surface area contributed by atoms with Crippen LogP contribution in [0.1, 0.15) is 32.6 Å². The van der Waals surface area contributed by atoms with Gasteiger partial charge in [0, 0.05) is 51.1 Å². The Morgan fingerprint density at radius 1 is 1.06 bits per heavy atom. The second kappa shape index (κ2) is 12.1. The number of likely N-dealkylation sites (tertiary alicyclic amines) is 1. The van der Waals surface area contributed by atoms with E-state index in [4.69, 9.17) is 14.5 Å². The molecule has 188 valence electrons. The van der Waals surface area contributed by atoms with E-state index in [1.165, 1.54) is 19.3 Å². The summed E-state index contributed by atoms with van der Waals surface area (Å²) in [5.41, 5.74) is 2.89. The maximum Gasteiger partial charge on any atom is 0.294 e. The van der Waals surface area contributed by atoms with Crippen LogP contribution in [0.5, 0.6) is 5.88 Å². The minimum atomic E-state index is -0.108. The summed E-state index contributed by atoms with van der Waals surface area (Å²) < 4.78 is 12.6. The molecular formula is C26H36N6O3. The number of ether oxygens (including phenoxy) is 2. The average molecular weight is 481 g/mol. The van der Waals surface area contributed by atoms with Gasteiger partial charge in [0.15, 0.2) is 5.82 Å². The van der Waals surface area contributed by atoms with E-state index < -0.39 is 0 Å². The number of hydrogen-bond acceptors (Lipinski definition) is 8. The monoisotopic (exact) mass is 480 g/mol. The van der Waals surface area contributed by atoms with E-state index in [0.717, 1.165) is 49.4 Å². The van der Waals surface area contributed by atoms with E-state index >= 15 is 0 Å². The summed E-state index contributed by atoms with van der Waals surface area (Å²) in [6.07, 6.45) is 8.20. The van der Waals surface area contributed by atoms with E-state index in [2.05, 4.69) is 21.8 Å². The molecule has 35 heavy (non-hydrogen) atoms. The highest BCUT2D eigenvalue weighted by Crippen LogP contribution is 2.22. The Balaban J connectivity index is 1.65. The lowest BCUT2D eigenvalue weighted by molar-refractivity contribution is 0.127. The largest absolute Gasteiger partial charge is 0.481 e. The number of pyridine rings is 2. The molecule has 4 heterocycles. The van der Waals surface area contributed by atoms with Crippen LogP contribution in [0.3, 0.4) is 0 Å². The molecule has 0 unspecified atom stereocenters. The van der Waals surface area contributed by atoms with Crippen LogP contribution >= 0.6 is 0 Å². The van der Waals surface area contributed by atoms with Crippen molar-refractivity contribution in [3.63, 3.8) is 0 Å². The molecule has 0 radical (unpaired) electrons. The number of rotatable bonds is 11. The van der Waals surface area contributed by atoms with Crippen LogP contribution in [0.15, 0.2) is 35.4 Å². The highest BCUT2D eigenvalue weighted by molar-refractivity contribution is 5.80. The van der Waals surface area contributed by atoms with Gasteiger partial charge in [0.05, 0.1) is 31.1 Å². The zero-order valence-corrected chi connectivity index (χ0v) is 21.1. The first-order chi connectivity index (χ1) is 17.1. The Morgan fingerprint density at radius 2 is 1.89 bits per heavy atom. The van der Waals surface area contributed by atoms with Gasteiger partial charge in [-0.3, -0.25) is 9.78 Å². The number of nitrogens with zero attached hydrogens (tertiary/aromatic N) is 6. The second-order valence-corrected chi connectivity index (χ2v) is 8.98. The third-order valence-electron chi connectivity index (χ3n) is 6.43. The van der Waals surface area contributed by atoms with Crippen molar-refractivity contribution in [2.24, 2.45) is 0 Å². The predicted octanol–water partition coefficient (Wildman–Crippen LogP) is 3.21. The van der Waals surface area contributed by atoms with E-state index in [-0.39, 0.29) is 5.56 Å². The summed E-state index contributed by atoms with van der Waals surface area (Å²) in [7, 11) is 3.53. The van der Waals surface area contributed by atoms with Gasteiger partial charge in [0.1, 0.15) is 5.52 Å². The van der Waals surface area contributed by atoms with Crippen molar-refractivity contribution in [3.8, 4) is 17.1 Å². The van der Waals surface area contributed by atoms with Crippen LogP contribution in [-0.4, -0.2) is 78.0 Å².